The number of nitrogens with two attached hydrogens (primary N) is 1. The molecule has 0 radical (unpaired) electrons. The molecule has 1 aliphatic rings. The van der Waals surface area contributed by atoms with Gasteiger partial charge in [-0.3, -0.25) is 0 Å². The van der Waals surface area contributed by atoms with Gasteiger partial charge in [0.05, 0.1) is 28.8 Å². The monoisotopic (exact) mass is 300 g/mol. The quantitative estimate of drug-likeness (QED) is 0.908. The normalized spacial score (nSPS) is 17.3. The maximum Gasteiger partial charge on any atom is 0.234 e. The Morgan fingerprint density at radius 1 is 1.57 bits per heavy atom. The summed E-state index contributed by atoms with van der Waals surface area (Å²) < 4.78 is 5.39. The Morgan fingerprint density at radius 3 is 3.00 bits per heavy atom. The first-order chi connectivity index (χ1) is 10.2. The summed E-state index contributed by atoms with van der Waals surface area (Å²) >= 11 is 1.63. The summed E-state index contributed by atoms with van der Waals surface area (Å²) in [5.41, 5.74) is 9.54. The number of nitriles is 1. The lowest BCUT2D eigenvalue weighted by atomic mass is 9.85. The molecule has 6 heteroatoms. The number of allylic oxidation sites excluding steroid dienone is 1. The van der Waals surface area contributed by atoms with Crippen molar-refractivity contribution in [3.8, 4) is 6.07 Å². The van der Waals surface area contributed by atoms with Crippen molar-refractivity contribution in [1.82, 2.24) is 5.16 Å². The molecular weight excluding hydrogens is 284 g/mol. The number of anilines is 1. The van der Waals surface area contributed by atoms with E-state index in [9.17, 15) is 5.26 Å². The van der Waals surface area contributed by atoms with Crippen LogP contribution in [0.15, 0.2) is 27.4 Å². The fraction of sp³-hybridized carbons (Fsp3) is 0.333. The fourth-order valence-electron chi connectivity index (χ4n) is 2.69. The van der Waals surface area contributed by atoms with Crippen LogP contribution < -0.4 is 11.1 Å². The van der Waals surface area contributed by atoms with Gasteiger partial charge in [-0.05, 0) is 30.4 Å². The molecule has 0 aliphatic carbocycles. The van der Waals surface area contributed by atoms with Crippen molar-refractivity contribution in [1.29, 1.82) is 5.26 Å². The van der Waals surface area contributed by atoms with E-state index in [0.29, 0.717) is 17.3 Å². The summed E-state index contributed by atoms with van der Waals surface area (Å²) in [6, 6.07) is 4.30. The minimum atomic E-state index is -0.181. The zero-order chi connectivity index (χ0) is 15.0. The van der Waals surface area contributed by atoms with Crippen molar-refractivity contribution in [2.24, 2.45) is 5.73 Å². The third-order valence-corrected chi connectivity index (χ3v) is 4.77. The van der Waals surface area contributed by atoms with E-state index in [1.807, 2.05) is 12.3 Å². The summed E-state index contributed by atoms with van der Waals surface area (Å²) in [7, 11) is 0. The predicted molar refractivity (Wildman–Crippen MR) is 81.8 cm³/mol. The Balaban J connectivity index is 2.22. The second kappa shape index (κ2) is 5.26. The largest absolute Gasteiger partial charge is 0.384 e. The van der Waals surface area contributed by atoms with Gasteiger partial charge < -0.3 is 15.6 Å². The maximum absolute atomic E-state index is 9.53. The van der Waals surface area contributed by atoms with Crippen LogP contribution in [0, 0.1) is 18.3 Å². The van der Waals surface area contributed by atoms with Gasteiger partial charge in [0, 0.05) is 4.88 Å². The van der Waals surface area contributed by atoms with E-state index in [2.05, 4.69) is 29.5 Å². The van der Waals surface area contributed by atoms with Gasteiger partial charge in [-0.25, -0.2) is 0 Å². The van der Waals surface area contributed by atoms with Crippen LogP contribution in [0.2, 0.25) is 0 Å². The van der Waals surface area contributed by atoms with Crippen LogP contribution in [0.25, 0.3) is 0 Å². The van der Waals surface area contributed by atoms with E-state index in [4.69, 9.17) is 10.3 Å². The van der Waals surface area contributed by atoms with Crippen molar-refractivity contribution in [2.75, 3.05) is 5.32 Å². The number of thiophene rings is 1. The number of nitrogens with zero attached hydrogens (tertiary/aromatic N) is 2. The van der Waals surface area contributed by atoms with E-state index >= 15 is 0 Å². The van der Waals surface area contributed by atoms with E-state index in [1.165, 1.54) is 0 Å². The van der Waals surface area contributed by atoms with Crippen molar-refractivity contribution in [2.45, 2.75) is 32.6 Å². The molecule has 0 saturated carbocycles. The number of hydrogen-bond acceptors (Lipinski definition) is 6. The first-order valence-corrected chi connectivity index (χ1v) is 7.74. The minimum absolute atomic E-state index is 0.181. The second-order valence-electron chi connectivity index (χ2n) is 5.09. The Kier molecular flexibility index (Phi) is 3.43. The van der Waals surface area contributed by atoms with E-state index in [-0.39, 0.29) is 5.92 Å². The summed E-state index contributed by atoms with van der Waals surface area (Å²) in [6.45, 7) is 4.14. The van der Waals surface area contributed by atoms with Gasteiger partial charge in [-0.1, -0.05) is 18.5 Å². The van der Waals surface area contributed by atoms with Crippen LogP contribution >= 0.6 is 11.3 Å². The minimum Gasteiger partial charge on any atom is -0.384 e. The third kappa shape index (κ3) is 2.10. The SMILES string of the molecule is CCCc1noc2c1C(c1sccc1C)C(C#N)=C(N)N2. The molecule has 3 N–H and O–H groups in total. The van der Waals surface area contributed by atoms with E-state index < -0.39 is 0 Å². The summed E-state index contributed by atoms with van der Waals surface area (Å²) in [5.74, 6) is 0.730. The number of hydrogen-bond donors (Lipinski definition) is 2. The van der Waals surface area contributed by atoms with Crippen LogP contribution in [-0.4, -0.2) is 5.16 Å². The molecule has 0 amide bonds. The van der Waals surface area contributed by atoms with Crippen molar-refractivity contribution < 1.29 is 4.52 Å². The van der Waals surface area contributed by atoms with Crippen LogP contribution in [-0.2, 0) is 6.42 Å². The van der Waals surface area contributed by atoms with Gasteiger partial charge in [-0.2, -0.15) is 5.26 Å². The van der Waals surface area contributed by atoms with Gasteiger partial charge in [0.1, 0.15) is 5.82 Å². The van der Waals surface area contributed by atoms with Crippen LogP contribution in [0.5, 0.6) is 0 Å². The lowest BCUT2D eigenvalue weighted by molar-refractivity contribution is 0.424. The van der Waals surface area contributed by atoms with Gasteiger partial charge in [0.2, 0.25) is 5.88 Å². The number of aromatic nitrogens is 1. The fourth-order valence-corrected chi connectivity index (χ4v) is 3.74. The molecule has 0 aromatic carbocycles. The molecule has 3 rings (SSSR count). The Bertz CT molecular complexity index is 750. The van der Waals surface area contributed by atoms with Crippen LogP contribution in [0.3, 0.4) is 0 Å². The molecule has 0 bridgehead atoms. The Labute approximate surface area is 127 Å². The molecule has 5 nitrogen and oxygen atoms in total. The zero-order valence-corrected chi connectivity index (χ0v) is 12.8. The molecular formula is C15H16N4OS. The van der Waals surface area contributed by atoms with Crippen molar-refractivity contribution >= 4 is 17.2 Å². The summed E-state index contributed by atoms with van der Waals surface area (Å²) in [4.78, 5) is 1.12. The average Bonchev–Trinajstić information content (AvgIpc) is 3.05. The topological polar surface area (TPSA) is 87.9 Å². The van der Waals surface area contributed by atoms with Gasteiger partial charge in [0.15, 0.2) is 0 Å². The molecule has 1 atom stereocenters. The molecule has 21 heavy (non-hydrogen) atoms. The second-order valence-corrected chi connectivity index (χ2v) is 6.03. The average molecular weight is 300 g/mol. The number of fused-ring (bicyclic) bond motifs is 1. The lowest BCUT2D eigenvalue weighted by Crippen LogP contribution is -2.22. The van der Waals surface area contributed by atoms with Crippen LogP contribution in [0.1, 0.15) is 41.0 Å². The molecule has 1 unspecified atom stereocenters. The van der Waals surface area contributed by atoms with E-state index in [1.54, 1.807) is 11.3 Å². The number of rotatable bonds is 3. The maximum atomic E-state index is 9.53. The van der Waals surface area contributed by atoms with Gasteiger partial charge >= 0.3 is 0 Å². The standard InChI is InChI=1S/C15H16N4OS/c1-3-4-10-12-11(13-8(2)5-6-21-13)9(7-16)14(17)18-15(12)20-19-10/h5-6,11,18H,3-4,17H2,1-2H3. The lowest BCUT2D eigenvalue weighted by Gasteiger charge is -2.23. The zero-order valence-electron chi connectivity index (χ0n) is 11.9. The van der Waals surface area contributed by atoms with Crippen molar-refractivity contribution in [3.63, 3.8) is 0 Å². The summed E-state index contributed by atoms with van der Waals surface area (Å²) in [5, 5.41) is 18.7. The molecule has 2 aromatic rings. The summed E-state index contributed by atoms with van der Waals surface area (Å²) in [6.07, 6.45) is 1.79. The smallest absolute Gasteiger partial charge is 0.234 e. The van der Waals surface area contributed by atoms with E-state index in [0.717, 1.165) is 34.5 Å². The molecule has 1 aliphatic heterocycles. The number of aryl methyl sites for hydroxylation is 2. The highest BCUT2D eigenvalue weighted by molar-refractivity contribution is 7.10. The molecule has 108 valence electrons. The Morgan fingerprint density at radius 2 is 2.38 bits per heavy atom. The highest BCUT2D eigenvalue weighted by atomic mass is 32.1. The van der Waals surface area contributed by atoms with Crippen LogP contribution in [0.4, 0.5) is 5.88 Å². The molecule has 0 fully saturated rings. The predicted octanol–water partition coefficient (Wildman–Crippen LogP) is 3.25. The Hall–Kier alpha value is -2.26. The molecule has 3 heterocycles. The van der Waals surface area contributed by atoms with Gasteiger partial charge in [-0.15, -0.1) is 11.3 Å². The first-order valence-electron chi connectivity index (χ1n) is 6.86. The third-order valence-electron chi connectivity index (χ3n) is 3.69. The number of nitrogens with one attached hydrogen (secondary N) is 1. The molecule has 0 saturated heterocycles. The highest BCUT2D eigenvalue weighted by Crippen LogP contribution is 2.45. The highest BCUT2D eigenvalue weighted by Gasteiger charge is 2.35. The molecule has 0 spiro atoms. The first kappa shape index (κ1) is 13.7. The molecule has 2 aromatic heterocycles. The van der Waals surface area contributed by atoms with Crippen molar-refractivity contribution in [3.05, 3.63) is 44.5 Å². The van der Waals surface area contributed by atoms with Gasteiger partial charge in [0.25, 0.3) is 0 Å².